The molecule has 0 bridgehead atoms. The third-order valence-electron chi connectivity index (χ3n) is 3.88. The maximum Gasteiger partial charge on any atom is 0.357 e. The van der Waals surface area contributed by atoms with E-state index in [9.17, 15) is 29.4 Å². The average molecular weight is 314 g/mol. The number of ether oxygens (including phenoxy) is 2. The van der Waals surface area contributed by atoms with Crippen LogP contribution in [0.4, 0.5) is 0 Å². The van der Waals surface area contributed by atoms with Crippen LogP contribution in [0.5, 0.6) is 0 Å². The lowest BCUT2D eigenvalue weighted by Gasteiger charge is -2.46. The lowest BCUT2D eigenvalue weighted by atomic mass is 9.63. The van der Waals surface area contributed by atoms with Crippen LogP contribution in [0.15, 0.2) is 0 Å². The van der Waals surface area contributed by atoms with Gasteiger partial charge in [-0.25, -0.2) is 9.59 Å². The van der Waals surface area contributed by atoms with Crippen molar-refractivity contribution < 1.29 is 38.9 Å². The lowest BCUT2D eigenvalue weighted by Crippen LogP contribution is -2.76. The summed E-state index contributed by atoms with van der Waals surface area (Å²) in [6, 6.07) is 0. The topological polar surface area (TPSA) is 127 Å². The van der Waals surface area contributed by atoms with Crippen LogP contribution in [0, 0.1) is 5.41 Å². The number of carbonyl (C=O) groups is 4. The number of ketones is 2. The van der Waals surface area contributed by atoms with Crippen molar-refractivity contribution >= 4 is 23.5 Å². The summed E-state index contributed by atoms with van der Waals surface area (Å²) in [7, 11) is 0. The zero-order valence-electron chi connectivity index (χ0n) is 12.8. The van der Waals surface area contributed by atoms with E-state index in [0.717, 1.165) is 0 Å². The summed E-state index contributed by atoms with van der Waals surface area (Å²) in [5.41, 5.74) is -7.35. The molecule has 0 spiro atoms. The molecule has 0 aromatic heterocycles. The SMILES string of the molecule is CC1(C)CC(=O)C(O)(C2(O)C(=O)OC(C)(C)OC2=O)C(=O)C1. The van der Waals surface area contributed by atoms with Gasteiger partial charge in [0.1, 0.15) is 0 Å². The van der Waals surface area contributed by atoms with E-state index < -0.39 is 45.9 Å². The van der Waals surface area contributed by atoms with E-state index >= 15 is 0 Å². The summed E-state index contributed by atoms with van der Waals surface area (Å²) in [5.74, 6) is -7.08. The van der Waals surface area contributed by atoms with Gasteiger partial charge in [-0.1, -0.05) is 13.8 Å². The number of hydrogen-bond donors (Lipinski definition) is 2. The monoisotopic (exact) mass is 314 g/mol. The molecule has 2 aliphatic rings. The first-order valence-electron chi connectivity index (χ1n) is 6.74. The molecule has 2 N–H and O–H groups in total. The maximum atomic E-state index is 12.3. The zero-order valence-corrected chi connectivity index (χ0v) is 12.8. The fourth-order valence-electron chi connectivity index (χ4n) is 2.74. The van der Waals surface area contributed by atoms with Crippen LogP contribution in [0.1, 0.15) is 40.5 Å². The molecule has 0 aromatic carbocycles. The van der Waals surface area contributed by atoms with Gasteiger partial charge in [-0.15, -0.1) is 0 Å². The van der Waals surface area contributed by atoms with Gasteiger partial charge in [-0.2, -0.15) is 0 Å². The first kappa shape index (κ1) is 16.6. The minimum Gasteiger partial charge on any atom is -0.420 e. The number of cyclic esters (lactones) is 2. The van der Waals surface area contributed by atoms with Crippen LogP contribution < -0.4 is 0 Å². The fourth-order valence-corrected chi connectivity index (χ4v) is 2.74. The van der Waals surface area contributed by atoms with Gasteiger partial charge in [-0.05, 0) is 5.41 Å². The Morgan fingerprint density at radius 1 is 0.773 bits per heavy atom. The Bertz CT molecular complexity index is 494. The van der Waals surface area contributed by atoms with E-state index in [1.807, 2.05) is 0 Å². The standard InChI is InChI=1S/C14H18O8/c1-11(2)5-7(15)13(19,8(16)6-11)14(20)9(17)21-12(3,4)22-10(14)18/h19-20H,5-6H2,1-4H3. The Morgan fingerprint density at radius 2 is 1.14 bits per heavy atom. The number of Topliss-reactive ketones (excluding diaryl/α,β-unsaturated/α-hetero) is 2. The summed E-state index contributed by atoms with van der Waals surface area (Å²) >= 11 is 0. The number of hydrogen-bond acceptors (Lipinski definition) is 8. The van der Waals surface area contributed by atoms with Crippen molar-refractivity contribution in [2.24, 2.45) is 5.41 Å². The van der Waals surface area contributed by atoms with Gasteiger partial charge in [0.2, 0.25) is 5.60 Å². The van der Waals surface area contributed by atoms with Crippen molar-refractivity contribution in [3.05, 3.63) is 0 Å². The van der Waals surface area contributed by atoms with E-state index in [4.69, 9.17) is 9.47 Å². The normalized spacial score (nSPS) is 28.8. The highest BCUT2D eigenvalue weighted by atomic mass is 16.8. The van der Waals surface area contributed by atoms with Gasteiger partial charge in [0, 0.05) is 26.7 Å². The van der Waals surface area contributed by atoms with Crippen LogP contribution in [-0.2, 0) is 28.7 Å². The molecule has 8 heteroatoms. The predicted octanol–water partition coefficient (Wildman–Crippen LogP) is -0.757. The van der Waals surface area contributed by atoms with Gasteiger partial charge in [-0.3, -0.25) is 9.59 Å². The Kier molecular flexibility index (Phi) is 3.28. The molecule has 0 unspecified atom stereocenters. The molecule has 122 valence electrons. The van der Waals surface area contributed by atoms with E-state index in [1.165, 1.54) is 13.8 Å². The van der Waals surface area contributed by atoms with Crippen molar-refractivity contribution in [2.75, 3.05) is 0 Å². The van der Waals surface area contributed by atoms with Gasteiger partial charge in [0.05, 0.1) is 0 Å². The molecule has 1 saturated carbocycles. The van der Waals surface area contributed by atoms with Crippen molar-refractivity contribution in [3.8, 4) is 0 Å². The molecule has 22 heavy (non-hydrogen) atoms. The molecule has 2 fully saturated rings. The van der Waals surface area contributed by atoms with E-state index in [2.05, 4.69) is 0 Å². The van der Waals surface area contributed by atoms with Crippen LogP contribution in [-0.4, -0.2) is 50.7 Å². The molecule has 1 aliphatic heterocycles. The largest absolute Gasteiger partial charge is 0.420 e. The van der Waals surface area contributed by atoms with Crippen molar-refractivity contribution in [1.29, 1.82) is 0 Å². The van der Waals surface area contributed by atoms with E-state index in [0.29, 0.717) is 0 Å². The Hall–Kier alpha value is -1.80. The highest BCUT2D eigenvalue weighted by Gasteiger charge is 2.74. The molecule has 0 aromatic rings. The lowest BCUT2D eigenvalue weighted by molar-refractivity contribution is -0.276. The molecule has 2 rings (SSSR count). The predicted molar refractivity (Wildman–Crippen MR) is 69.2 cm³/mol. The molecule has 1 aliphatic carbocycles. The highest BCUT2D eigenvalue weighted by Crippen LogP contribution is 2.43. The van der Waals surface area contributed by atoms with Crippen LogP contribution in [0.3, 0.4) is 0 Å². The third-order valence-corrected chi connectivity index (χ3v) is 3.88. The van der Waals surface area contributed by atoms with Crippen LogP contribution in [0.2, 0.25) is 0 Å². The molecular formula is C14H18O8. The first-order valence-corrected chi connectivity index (χ1v) is 6.74. The van der Waals surface area contributed by atoms with Gasteiger partial charge >= 0.3 is 17.5 Å². The summed E-state index contributed by atoms with van der Waals surface area (Å²) in [6.07, 6.45) is -0.580. The minimum absolute atomic E-state index is 0.290. The van der Waals surface area contributed by atoms with Crippen molar-refractivity contribution in [1.82, 2.24) is 0 Å². The molecular weight excluding hydrogens is 296 g/mol. The van der Waals surface area contributed by atoms with E-state index in [-0.39, 0.29) is 12.8 Å². The zero-order chi connectivity index (χ0) is 17.1. The van der Waals surface area contributed by atoms with Crippen LogP contribution >= 0.6 is 0 Å². The average Bonchev–Trinajstić information content (AvgIpc) is 2.30. The summed E-state index contributed by atoms with van der Waals surface area (Å²) in [5, 5.41) is 20.9. The second-order valence-corrected chi connectivity index (χ2v) is 6.96. The Morgan fingerprint density at radius 3 is 1.50 bits per heavy atom. The third kappa shape index (κ3) is 2.05. The van der Waals surface area contributed by atoms with Gasteiger partial charge in [0.15, 0.2) is 11.6 Å². The van der Waals surface area contributed by atoms with E-state index in [1.54, 1.807) is 13.8 Å². The van der Waals surface area contributed by atoms with Gasteiger partial charge < -0.3 is 19.7 Å². The second-order valence-electron chi connectivity index (χ2n) is 6.96. The van der Waals surface area contributed by atoms with Crippen molar-refractivity contribution in [2.45, 2.75) is 57.5 Å². The van der Waals surface area contributed by atoms with Crippen molar-refractivity contribution in [3.63, 3.8) is 0 Å². The quantitative estimate of drug-likeness (QED) is 0.478. The number of rotatable bonds is 1. The number of aliphatic hydroxyl groups is 2. The highest BCUT2D eigenvalue weighted by molar-refractivity contribution is 6.24. The number of esters is 2. The second kappa shape index (κ2) is 4.36. The molecule has 1 saturated heterocycles. The summed E-state index contributed by atoms with van der Waals surface area (Å²) in [4.78, 5) is 48.6. The fraction of sp³-hybridized carbons (Fsp3) is 0.714. The Balaban J connectivity index is 2.53. The van der Waals surface area contributed by atoms with Crippen LogP contribution in [0.25, 0.3) is 0 Å². The first-order chi connectivity index (χ1) is 9.76. The Labute approximate surface area is 126 Å². The molecule has 1 heterocycles. The molecule has 0 radical (unpaired) electrons. The summed E-state index contributed by atoms with van der Waals surface area (Å²) < 4.78 is 9.46. The number of carbonyl (C=O) groups excluding carboxylic acids is 4. The van der Waals surface area contributed by atoms with Gasteiger partial charge in [0.25, 0.3) is 5.79 Å². The maximum absolute atomic E-state index is 12.3. The summed E-state index contributed by atoms with van der Waals surface area (Å²) in [6.45, 7) is 5.71. The smallest absolute Gasteiger partial charge is 0.357 e. The molecule has 0 atom stereocenters. The molecule has 8 nitrogen and oxygen atoms in total. The molecule has 0 amide bonds. The minimum atomic E-state index is -3.40.